The van der Waals surface area contributed by atoms with Crippen LogP contribution in [-0.4, -0.2) is 13.1 Å². The summed E-state index contributed by atoms with van der Waals surface area (Å²) in [6.07, 6.45) is 0.940. The van der Waals surface area contributed by atoms with Crippen LogP contribution < -0.4 is 0 Å². The van der Waals surface area contributed by atoms with Crippen LogP contribution in [-0.2, 0) is 9.53 Å². The lowest BCUT2D eigenvalue weighted by molar-refractivity contribution is -0.142. The highest BCUT2D eigenvalue weighted by Crippen LogP contribution is 2.48. The fourth-order valence-electron chi connectivity index (χ4n) is 2.20. The minimum Gasteiger partial charge on any atom is -0.469 e. The highest BCUT2D eigenvalue weighted by atomic mass is 16.5. The van der Waals surface area contributed by atoms with Crippen LogP contribution >= 0.6 is 0 Å². The average molecular weight is 204 g/mol. The molecule has 2 atom stereocenters. The molecule has 0 radical (unpaired) electrons. The number of carbonyl (C=O) groups excluding carboxylic acids is 1. The molecule has 0 N–H and O–H groups in total. The zero-order valence-electron chi connectivity index (χ0n) is 9.41. The van der Waals surface area contributed by atoms with E-state index in [4.69, 9.17) is 4.74 Å². The van der Waals surface area contributed by atoms with Crippen molar-refractivity contribution in [1.82, 2.24) is 0 Å². The van der Waals surface area contributed by atoms with Crippen molar-refractivity contribution in [3.05, 3.63) is 34.9 Å². The summed E-state index contributed by atoms with van der Waals surface area (Å²) in [4.78, 5) is 11.3. The van der Waals surface area contributed by atoms with Crippen LogP contribution in [0.2, 0.25) is 0 Å². The van der Waals surface area contributed by atoms with E-state index in [1.165, 1.54) is 23.8 Å². The van der Waals surface area contributed by atoms with Gasteiger partial charge >= 0.3 is 5.97 Å². The standard InChI is InChI=1S/C13H16O2/c1-8-4-9(2)6-10(5-8)11-7-12(11)13(14)15-3/h4-6,11-12H,7H2,1-3H3. The lowest BCUT2D eigenvalue weighted by Crippen LogP contribution is -2.04. The van der Waals surface area contributed by atoms with E-state index < -0.39 is 0 Å². The van der Waals surface area contributed by atoms with E-state index in [-0.39, 0.29) is 11.9 Å². The number of aryl methyl sites for hydroxylation is 2. The van der Waals surface area contributed by atoms with Crippen molar-refractivity contribution in [2.45, 2.75) is 26.2 Å². The minimum absolute atomic E-state index is 0.0702. The van der Waals surface area contributed by atoms with Gasteiger partial charge in [0.2, 0.25) is 0 Å². The van der Waals surface area contributed by atoms with Gasteiger partial charge in [-0.15, -0.1) is 0 Å². The molecule has 15 heavy (non-hydrogen) atoms. The molecule has 0 saturated heterocycles. The van der Waals surface area contributed by atoms with E-state index in [1.807, 2.05) is 0 Å². The average Bonchev–Trinajstić information content (AvgIpc) is 2.94. The van der Waals surface area contributed by atoms with E-state index in [0.717, 1.165) is 6.42 Å². The summed E-state index contributed by atoms with van der Waals surface area (Å²) in [5.74, 6) is 0.409. The molecule has 1 aliphatic carbocycles. The van der Waals surface area contributed by atoms with E-state index in [9.17, 15) is 4.79 Å². The second kappa shape index (κ2) is 3.69. The lowest BCUT2D eigenvalue weighted by atomic mass is 10.0. The highest BCUT2D eigenvalue weighted by molar-refractivity contribution is 5.77. The first-order valence-electron chi connectivity index (χ1n) is 5.28. The van der Waals surface area contributed by atoms with E-state index in [2.05, 4.69) is 32.0 Å². The Labute approximate surface area is 90.3 Å². The number of methoxy groups -OCH3 is 1. The molecule has 0 bridgehead atoms. The first-order valence-corrected chi connectivity index (χ1v) is 5.28. The quantitative estimate of drug-likeness (QED) is 0.692. The highest BCUT2D eigenvalue weighted by Gasteiger charge is 2.44. The number of rotatable bonds is 2. The molecule has 2 rings (SSSR count). The van der Waals surface area contributed by atoms with Gasteiger partial charge in [0.25, 0.3) is 0 Å². The lowest BCUT2D eigenvalue weighted by Gasteiger charge is -2.03. The van der Waals surface area contributed by atoms with Crippen LogP contribution in [0.25, 0.3) is 0 Å². The van der Waals surface area contributed by atoms with Crippen molar-refractivity contribution >= 4 is 5.97 Å². The molecule has 80 valence electrons. The molecule has 2 nitrogen and oxygen atoms in total. The van der Waals surface area contributed by atoms with Gasteiger partial charge < -0.3 is 4.74 Å². The van der Waals surface area contributed by atoms with Crippen molar-refractivity contribution in [2.75, 3.05) is 7.11 Å². The molecule has 1 fully saturated rings. The molecule has 1 saturated carbocycles. The maximum absolute atomic E-state index is 11.3. The summed E-state index contributed by atoms with van der Waals surface area (Å²) >= 11 is 0. The first kappa shape index (κ1) is 10.2. The summed E-state index contributed by atoms with van der Waals surface area (Å²) in [6.45, 7) is 4.18. The molecule has 2 heteroatoms. The second-order valence-electron chi connectivity index (χ2n) is 4.39. The van der Waals surface area contributed by atoms with Gasteiger partial charge in [-0.05, 0) is 31.7 Å². The van der Waals surface area contributed by atoms with E-state index >= 15 is 0 Å². The van der Waals surface area contributed by atoms with Crippen LogP contribution in [0.1, 0.15) is 29.0 Å². The molecular formula is C13H16O2. The Bertz CT molecular complexity index is 375. The zero-order chi connectivity index (χ0) is 11.0. The topological polar surface area (TPSA) is 26.3 Å². The summed E-state index contributed by atoms with van der Waals surface area (Å²) in [5, 5.41) is 0. The Kier molecular flexibility index (Phi) is 2.51. The molecule has 0 aliphatic heterocycles. The Morgan fingerprint density at radius 3 is 2.40 bits per heavy atom. The minimum atomic E-state index is -0.0702. The zero-order valence-corrected chi connectivity index (χ0v) is 9.41. The maximum Gasteiger partial charge on any atom is 0.309 e. The molecule has 1 aromatic rings. The number of esters is 1. The Morgan fingerprint density at radius 2 is 1.87 bits per heavy atom. The van der Waals surface area contributed by atoms with Gasteiger partial charge in [-0.3, -0.25) is 4.79 Å². The van der Waals surface area contributed by atoms with E-state index in [1.54, 1.807) is 0 Å². The number of ether oxygens (including phenoxy) is 1. The summed E-state index contributed by atoms with van der Waals surface area (Å²) in [6, 6.07) is 6.49. The first-order chi connectivity index (χ1) is 7.11. The van der Waals surface area contributed by atoms with Gasteiger partial charge in [0, 0.05) is 0 Å². The van der Waals surface area contributed by atoms with Gasteiger partial charge in [0.05, 0.1) is 13.0 Å². The number of benzene rings is 1. The summed E-state index contributed by atoms with van der Waals surface area (Å²) in [5.41, 5.74) is 3.81. The number of hydrogen-bond acceptors (Lipinski definition) is 2. The third-order valence-electron chi connectivity index (χ3n) is 2.97. The maximum atomic E-state index is 11.3. The van der Waals surface area contributed by atoms with Crippen LogP contribution in [0, 0.1) is 19.8 Å². The number of hydrogen-bond donors (Lipinski definition) is 0. The van der Waals surface area contributed by atoms with Crippen LogP contribution in [0.5, 0.6) is 0 Å². The van der Waals surface area contributed by atoms with Crippen LogP contribution in [0.15, 0.2) is 18.2 Å². The molecule has 1 aromatic carbocycles. The van der Waals surface area contributed by atoms with Gasteiger partial charge in [0.1, 0.15) is 0 Å². The smallest absolute Gasteiger partial charge is 0.309 e. The second-order valence-corrected chi connectivity index (χ2v) is 4.39. The normalized spacial score (nSPS) is 23.7. The molecular weight excluding hydrogens is 188 g/mol. The molecule has 0 amide bonds. The largest absolute Gasteiger partial charge is 0.469 e. The third-order valence-corrected chi connectivity index (χ3v) is 2.97. The summed E-state index contributed by atoms with van der Waals surface area (Å²) in [7, 11) is 1.46. The Balaban J connectivity index is 2.16. The molecule has 0 heterocycles. The molecule has 1 aliphatic rings. The van der Waals surface area contributed by atoms with E-state index in [0.29, 0.717) is 5.92 Å². The monoisotopic (exact) mass is 204 g/mol. The molecule has 0 aromatic heterocycles. The van der Waals surface area contributed by atoms with Crippen LogP contribution in [0.4, 0.5) is 0 Å². The van der Waals surface area contributed by atoms with Crippen molar-refractivity contribution < 1.29 is 9.53 Å². The molecule has 0 spiro atoms. The van der Waals surface area contributed by atoms with Crippen molar-refractivity contribution in [1.29, 1.82) is 0 Å². The van der Waals surface area contributed by atoms with Crippen molar-refractivity contribution in [3.8, 4) is 0 Å². The fourth-order valence-corrected chi connectivity index (χ4v) is 2.20. The number of carbonyl (C=O) groups is 1. The SMILES string of the molecule is COC(=O)C1CC1c1cc(C)cc(C)c1. The predicted molar refractivity (Wildman–Crippen MR) is 58.8 cm³/mol. The molecule has 2 unspecified atom stereocenters. The van der Waals surface area contributed by atoms with Gasteiger partial charge in [-0.2, -0.15) is 0 Å². The van der Waals surface area contributed by atoms with Crippen molar-refractivity contribution in [3.63, 3.8) is 0 Å². The fraction of sp³-hybridized carbons (Fsp3) is 0.462. The van der Waals surface area contributed by atoms with Crippen LogP contribution in [0.3, 0.4) is 0 Å². The van der Waals surface area contributed by atoms with Crippen molar-refractivity contribution in [2.24, 2.45) is 5.92 Å². The Hall–Kier alpha value is -1.31. The predicted octanol–water partition coefficient (Wildman–Crippen LogP) is 2.58. The third kappa shape index (κ3) is 2.04. The van der Waals surface area contributed by atoms with Gasteiger partial charge in [0.15, 0.2) is 0 Å². The summed E-state index contributed by atoms with van der Waals surface area (Å²) < 4.78 is 4.75. The van der Waals surface area contributed by atoms with Gasteiger partial charge in [-0.25, -0.2) is 0 Å². The Morgan fingerprint density at radius 1 is 1.27 bits per heavy atom. The van der Waals surface area contributed by atoms with Gasteiger partial charge in [-0.1, -0.05) is 29.3 Å².